The standard InChI is InChI=1S/C27H28S/c1-21(26-17-11-10-13-22(26)2)12-6-4-7-14-24-19-18-23(3)27(20-24)28-25-15-8-5-9-16-25/h4-5,7-11,13,15-20H,1,6,12,14H2,2-3H3/b7-4-. The fraction of sp³-hybridized carbons (Fsp3) is 0.185. The number of hydrogen-bond donors (Lipinski definition) is 0. The third kappa shape index (κ3) is 5.74. The molecule has 0 atom stereocenters. The number of rotatable bonds is 8. The Morgan fingerprint density at radius 2 is 1.61 bits per heavy atom. The zero-order valence-corrected chi connectivity index (χ0v) is 17.6. The average molecular weight is 385 g/mol. The average Bonchev–Trinajstić information content (AvgIpc) is 2.71. The van der Waals surface area contributed by atoms with E-state index < -0.39 is 0 Å². The van der Waals surface area contributed by atoms with E-state index in [-0.39, 0.29) is 0 Å². The summed E-state index contributed by atoms with van der Waals surface area (Å²) in [5.41, 5.74) is 6.50. The van der Waals surface area contributed by atoms with Gasteiger partial charge < -0.3 is 0 Å². The minimum absolute atomic E-state index is 0.972. The van der Waals surface area contributed by atoms with E-state index in [0.717, 1.165) is 19.3 Å². The van der Waals surface area contributed by atoms with Crippen LogP contribution in [0.25, 0.3) is 5.57 Å². The molecule has 1 heteroatoms. The first-order valence-corrected chi connectivity index (χ1v) is 10.7. The molecule has 3 rings (SSSR count). The first kappa shape index (κ1) is 20.2. The molecule has 0 saturated carbocycles. The first-order chi connectivity index (χ1) is 13.6. The number of benzene rings is 3. The molecule has 0 nitrogen and oxygen atoms in total. The maximum absolute atomic E-state index is 4.27. The van der Waals surface area contributed by atoms with Crippen molar-refractivity contribution in [2.45, 2.75) is 42.9 Å². The van der Waals surface area contributed by atoms with Crippen molar-refractivity contribution in [1.29, 1.82) is 0 Å². The zero-order chi connectivity index (χ0) is 19.8. The van der Waals surface area contributed by atoms with Gasteiger partial charge in [-0.05, 0) is 79.1 Å². The van der Waals surface area contributed by atoms with Gasteiger partial charge in [0.25, 0.3) is 0 Å². The summed E-state index contributed by atoms with van der Waals surface area (Å²) in [5, 5.41) is 0. The van der Waals surface area contributed by atoms with Gasteiger partial charge in [0.05, 0.1) is 0 Å². The maximum Gasteiger partial charge on any atom is 0.0154 e. The van der Waals surface area contributed by atoms with E-state index in [9.17, 15) is 0 Å². The Labute approximate surface area is 174 Å². The molecule has 0 aliphatic rings. The molecule has 0 radical (unpaired) electrons. The second-order valence-corrected chi connectivity index (χ2v) is 8.26. The summed E-state index contributed by atoms with van der Waals surface area (Å²) < 4.78 is 0. The van der Waals surface area contributed by atoms with Gasteiger partial charge in [0.15, 0.2) is 0 Å². The molecule has 0 aromatic heterocycles. The smallest absolute Gasteiger partial charge is 0.0154 e. The lowest BCUT2D eigenvalue weighted by Crippen LogP contribution is -1.88. The minimum atomic E-state index is 0.972. The summed E-state index contributed by atoms with van der Waals surface area (Å²) in [6, 6.07) is 25.9. The highest BCUT2D eigenvalue weighted by molar-refractivity contribution is 7.99. The van der Waals surface area contributed by atoms with Gasteiger partial charge in [0, 0.05) is 9.79 Å². The number of allylic oxidation sites excluding steroid dienone is 3. The van der Waals surface area contributed by atoms with Crippen LogP contribution < -0.4 is 0 Å². The summed E-state index contributed by atoms with van der Waals surface area (Å²) in [7, 11) is 0. The van der Waals surface area contributed by atoms with Crippen LogP contribution in [0, 0.1) is 13.8 Å². The lowest BCUT2D eigenvalue weighted by Gasteiger charge is -2.08. The molecule has 3 aromatic carbocycles. The summed E-state index contributed by atoms with van der Waals surface area (Å²) in [4.78, 5) is 2.62. The molecular weight excluding hydrogens is 356 g/mol. The highest BCUT2D eigenvalue weighted by Crippen LogP contribution is 2.31. The molecule has 3 aromatic rings. The van der Waals surface area contributed by atoms with Crippen molar-refractivity contribution >= 4 is 17.3 Å². The maximum atomic E-state index is 4.27. The van der Waals surface area contributed by atoms with Crippen LogP contribution in [-0.4, -0.2) is 0 Å². The molecule has 0 unspecified atom stereocenters. The van der Waals surface area contributed by atoms with Crippen molar-refractivity contribution < 1.29 is 0 Å². The van der Waals surface area contributed by atoms with Crippen molar-refractivity contribution in [1.82, 2.24) is 0 Å². The predicted octanol–water partition coefficient (Wildman–Crippen LogP) is 8.05. The number of hydrogen-bond acceptors (Lipinski definition) is 1. The van der Waals surface area contributed by atoms with Gasteiger partial charge in [-0.1, -0.05) is 85.1 Å². The van der Waals surface area contributed by atoms with Crippen molar-refractivity contribution in [3.05, 3.63) is 114 Å². The Balaban J connectivity index is 1.53. The Hall–Kier alpha value is -2.51. The summed E-state index contributed by atoms with van der Waals surface area (Å²) in [6.45, 7) is 8.60. The monoisotopic (exact) mass is 384 g/mol. The van der Waals surface area contributed by atoms with Crippen molar-refractivity contribution in [3.63, 3.8) is 0 Å². The van der Waals surface area contributed by atoms with E-state index in [0.29, 0.717) is 0 Å². The van der Waals surface area contributed by atoms with Crippen LogP contribution in [0.5, 0.6) is 0 Å². The summed E-state index contributed by atoms with van der Waals surface area (Å²) in [5.74, 6) is 0. The zero-order valence-electron chi connectivity index (χ0n) is 16.8. The van der Waals surface area contributed by atoms with Crippen LogP contribution in [0.4, 0.5) is 0 Å². The van der Waals surface area contributed by atoms with Crippen LogP contribution in [0.2, 0.25) is 0 Å². The Bertz CT molecular complexity index is 951. The van der Waals surface area contributed by atoms with E-state index in [1.807, 2.05) is 11.8 Å². The van der Waals surface area contributed by atoms with E-state index in [1.54, 1.807) is 0 Å². The molecule has 28 heavy (non-hydrogen) atoms. The van der Waals surface area contributed by atoms with Gasteiger partial charge in [0.1, 0.15) is 0 Å². The number of aryl methyl sites for hydroxylation is 2. The third-order valence-corrected chi connectivity index (χ3v) is 6.05. The van der Waals surface area contributed by atoms with Gasteiger partial charge in [-0.25, -0.2) is 0 Å². The van der Waals surface area contributed by atoms with E-state index in [4.69, 9.17) is 0 Å². The molecule has 0 fully saturated rings. The Morgan fingerprint density at radius 1 is 0.857 bits per heavy atom. The quantitative estimate of drug-likeness (QED) is 0.354. The second-order valence-electron chi connectivity index (χ2n) is 7.15. The van der Waals surface area contributed by atoms with Crippen molar-refractivity contribution in [2.24, 2.45) is 0 Å². The molecule has 0 aliphatic carbocycles. The molecule has 0 spiro atoms. The minimum Gasteiger partial charge on any atom is -0.0952 e. The van der Waals surface area contributed by atoms with E-state index in [1.165, 1.54) is 37.6 Å². The topological polar surface area (TPSA) is 0 Å². The molecule has 0 amide bonds. The molecule has 142 valence electrons. The lowest BCUT2D eigenvalue weighted by molar-refractivity contribution is 1.05. The van der Waals surface area contributed by atoms with Crippen LogP contribution >= 0.6 is 11.8 Å². The SMILES string of the molecule is C=C(CC/C=C\Cc1ccc(C)c(Sc2ccccc2)c1)c1ccccc1C. The van der Waals surface area contributed by atoms with Gasteiger partial charge in [-0.3, -0.25) is 0 Å². The first-order valence-electron chi connectivity index (χ1n) is 9.84. The highest BCUT2D eigenvalue weighted by atomic mass is 32.2. The van der Waals surface area contributed by atoms with Crippen molar-refractivity contribution in [2.75, 3.05) is 0 Å². The third-order valence-electron chi connectivity index (χ3n) is 4.88. The molecule has 0 N–H and O–H groups in total. The fourth-order valence-electron chi connectivity index (χ4n) is 3.20. The largest absolute Gasteiger partial charge is 0.0952 e. The molecule has 0 bridgehead atoms. The van der Waals surface area contributed by atoms with Crippen molar-refractivity contribution in [3.8, 4) is 0 Å². The van der Waals surface area contributed by atoms with E-state index in [2.05, 4.69) is 105 Å². The van der Waals surface area contributed by atoms with Gasteiger partial charge >= 0.3 is 0 Å². The van der Waals surface area contributed by atoms with Gasteiger partial charge in [-0.2, -0.15) is 0 Å². The normalized spacial score (nSPS) is 11.1. The Kier molecular flexibility index (Phi) is 7.33. The van der Waals surface area contributed by atoms with Crippen LogP contribution in [0.15, 0.2) is 101 Å². The van der Waals surface area contributed by atoms with Gasteiger partial charge in [0.2, 0.25) is 0 Å². The van der Waals surface area contributed by atoms with E-state index >= 15 is 0 Å². The molecular formula is C27H28S. The summed E-state index contributed by atoms with van der Waals surface area (Å²) >= 11 is 1.84. The second kappa shape index (κ2) is 10.1. The van der Waals surface area contributed by atoms with Crippen LogP contribution in [0.3, 0.4) is 0 Å². The van der Waals surface area contributed by atoms with Crippen LogP contribution in [0.1, 0.15) is 35.1 Å². The molecule has 0 saturated heterocycles. The highest BCUT2D eigenvalue weighted by Gasteiger charge is 2.03. The molecule has 0 heterocycles. The molecule has 0 aliphatic heterocycles. The predicted molar refractivity (Wildman–Crippen MR) is 124 cm³/mol. The lowest BCUT2D eigenvalue weighted by atomic mass is 9.98. The summed E-state index contributed by atoms with van der Waals surface area (Å²) in [6.07, 6.45) is 7.58. The van der Waals surface area contributed by atoms with Crippen LogP contribution in [-0.2, 0) is 6.42 Å². The Morgan fingerprint density at radius 3 is 2.39 bits per heavy atom. The van der Waals surface area contributed by atoms with Gasteiger partial charge in [-0.15, -0.1) is 0 Å². The fourth-order valence-corrected chi connectivity index (χ4v) is 4.18.